The summed E-state index contributed by atoms with van der Waals surface area (Å²) in [6.07, 6.45) is 9.83. The summed E-state index contributed by atoms with van der Waals surface area (Å²) in [6.45, 7) is 2.02. The summed E-state index contributed by atoms with van der Waals surface area (Å²) in [5, 5.41) is 8.15. The summed E-state index contributed by atoms with van der Waals surface area (Å²) in [5.41, 5.74) is 3.51. The van der Waals surface area contributed by atoms with Crippen LogP contribution < -0.4 is 0 Å². The van der Waals surface area contributed by atoms with Gasteiger partial charge in [0.1, 0.15) is 0 Å². The topological polar surface area (TPSA) is 24.7 Å². The molecule has 2 nitrogen and oxygen atoms in total. The smallest absolute Gasteiger partial charge is 0.0756 e. The van der Waals surface area contributed by atoms with E-state index in [-0.39, 0.29) is 0 Å². The maximum atomic E-state index is 4.13. The van der Waals surface area contributed by atoms with Gasteiger partial charge in [-0.15, -0.1) is 0 Å². The molecule has 12 heavy (non-hydrogen) atoms. The summed E-state index contributed by atoms with van der Waals surface area (Å²) >= 11 is 0. The molecule has 0 amide bonds. The molecule has 0 saturated heterocycles. The van der Waals surface area contributed by atoms with Crippen molar-refractivity contribution in [1.82, 2.24) is 0 Å². The van der Waals surface area contributed by atoms with E-state index >= 15 is 0 Å². The lowest BCUT2D eigenvalue weighted by Gasteiger charge is -2.04. The van der Waals surface area contributed by atoms with Gasteiger partial charge in [0, 0.05) is 12.1 Å². The van der Waals surface area contributed by atoms with Crippen LogP contribution in [0.3, 0.4) is 0 Å². The van der Waals surface area contributed by atoms with Gasteiger partial charge in [-0.2, -0.15) is 10.2 Å². The van der Waals surface area contributed by atoms with Crippen molar-refractivity contribution in [2.45, 2.75) is 26.2 Å². The summed E-state index contributed by atoms with van der Waals surface area (Å²) in [6, 6.07) is 0. The lowest BCUT2D eigenvalue weighted by Crippen LogP contribution is -2.02. The van der Waals surface area contributed by atoms with Gasteiger partial charge in [0.2, 0.25) is 0 Å². The van der Waals surface area contributed by atoms with Crippen LogP contribution in [0.1, 0.15) is 26.2 Å². The number of nitrogens with zero attached hydrogens (tertiary/aromatic N) is 2. The highest BCUT2D eigenvalue weighted by Gasteiger charge is 2.12. The van der Waals surface area contributed by atoms with Crippen LogP contribution in [0, 0.1) is 0 Å². The Morgan fingerprint density at radius 1 is 1.25 bits per heavy atom. The highest BCUT2D eigenvalue weighted by atomic mass is 15.2. The first kappa shape index (κ1) is 7.47. The van der Waals surface area contributed by atoms with Gasteiger partial charge in [0.05, 0.1) is 5.71 Å². The molecular formula is C10H12N2. The van der Waals surface area contributed by atoms with Crippen molar-refractivity contribution in [1.29, 1.82) is 0 Å². The molecule has 0 spiro atoms. The average Bonchev–Trinajstić information content (AvgIpc) is 2.54. The van der Waals surface area contributed by atoms with E-state index in [1.165, 1.54) is 5.57 Å². The molecule has 0 aromatic rings. The second kappa shape index (κ2) is 3.05. The largest absolute Gasteiger partial charge is 0.160 e. The van der Waals surface area contributed by atoms with E-state index in [2.05, 4.69) is 28.4 Å². The molecule has 0 fully saturated rings. The third kappa shape index (κ3) is 1.37. The quantitative estimate of drug-likeness (QED) is 0.563. The molecule has 0 N–H and O–H groups in total. The first-order chi connectivity index (χ1) is 5.86. The molecule has 0 atom stereocenters. The summed E-state index contributed by atoms with van der Waals surface area (Å²) < 4.78 is 0. The Balaban J connectivity index is 2.13. The van der Waals surface area contributed by atoms with Crippen LogP contribution in [0.25, 0.3) is 0 Å². The van der Waals surface area contributed by atoms with E-state index in [1.807, 2.05) is 6.92 Å². The molecule has 0 unspecified atom stereocenters. The molecule has 0 bridgehead atoms. The normalized spacial score (nSPS) is 21.9. The molecule has 0 aromatic carbocycles. The Hall–Kier alpha value is -1.18. The van der Waals surface area contributed by atoms with E-state index in [0.29, 0.717) is 0 Å². The molecule has 1 heterocycles. The van der Waals surface area contributed by atoms with Gasteiger partial charge in [-0.3, -0.25) is 0 Å². The van der Waals surface area contributed by atoms with Gasteiger partial charge in [0.25, 0.3) is 0 Å². The number of allylic oxidation sites excluding steroid dienone is 4. The first-order valence-corrected chi connectivity index (χ1v) is 4.33. The van der Waals surface area contributed by atoms with Crippen LogP contribution in [-0.2, 0) is 0 Å². The summed E-state index contributed by atoms with van der Waals surface area (Å²) in [4.78, 5) is 0. The standard InChI is InChI=1S/C10H12N2/c1-8-7-10(12-11-8)9-5-3-2-4-6-9/h3,5-6H,2,4,7H2,1H3. The van der Waals surface area contributed by atoms with Crippen LogP contribution in [0.4, 0.5) is 0 Å². The van der Waals surface area contributed by atoms with Gasteiger partial charge < -0.3 is 0 Å². The highest BCUT2D eigenvalue weighted by Crippen LogP contribution is 2.16. The molecule has 2 heteroatoms. The highest BCUT2D eigenvalue weighted by molar-refractivity contribution is 6.15. The van der Waals surface area contributed by atoms with Crippen LogP contribution in [0.5, 0.6) is 0 Å². The molecule has 1 aliphatic heterocycles. The van der Waals surface area contributed by atoms with E-state index < -0.39 is 0 Å². The maximum Gasteiger partial charge on any atom is 0.0756 e. The van der Waals surface area contributed by atoms with E-state index in [9.17, 15) is 0 Å². The molecule has 0 radical (unpaired) electrons. The van der Waals surface area contributed by atoms with Crippen LogP contribution >= 0.6 is 0 Å². The second-order valence-electron chi connectivity index (χ2n) is 3.20. The number of rotatable bonds is 1. The van der Waals surface area contributed by atoms with Crippen LogP contribution in [0.2, 0.25) is 0 Å². The van der Waals surface area contributed by atoms with Crippen molar-refractivity contribution in [3.8, 4) is 0 Å². The molecule has 0 saturated carbocycles. The Morgan fingerprint density at radius 3 is 2.75 bits per heavy atom. The summed E-state index contributed by atoms with van der Waals surface area (Å²) in [5.74, 6) is 0. The molecular weight excluding hydrogens is 148 g/mol. The van der Waals surface area contributed by atoms with Gasteiger partial charge in [0.15, 0.2) is 0 Å². The van der Waals surface area contributed by atoms with Gasteiger partial charge >= 0.3 is 0 Å². The zero-order valence-corrected chi connectivity index (χ0v) is 7.25. The predicted octanol–water partition coefficient (Wildman–Crippen LogP) is 2.48. The van der Waals surface area contributed by atoms with E-state index in [4.69, 9.17) is 0 Å². The molecule has 2 aliphatic rings. The van der Waals surface area contributed by atoms with Crippen molar-refractivity contribution in [3.05, 3.63) is 23.8 Å². The minimum absolute atomic E-state index is 0.927. The zero-order valence-electron chi connectivity index (χ0n) is 7.25. The number of hydrogen-bond donors (Lipinski definition) is 0. The van der Waals surface area contributed by atoms with Gasteiger partial charge in [-0.1, -0.05) is 18.2 Å². The molecule has 1 aliphatic carbocycles. The van der Waals surface area contributed by atoms with Crippen molar-refractivity contribution in [3.63, 3.8) is 0 Å². The molecule has 0 aromatic heterocycles. The van der Waals surface area contributed by atoms with Gasteiger partial charge in [-0.25, -0.2) is 0 Å². The fraction of sp³-hybridized carbons (Fsp3) is 0.400. The number of hydrogen-bond acceptors (Lipinski definition) is 2. The second-order valence-corrected chi connectivity index (χ2v) is 3.20. The maximum absolute atomic E-state index is 4.13. The van der Waals surface area contributed by atoms with E-state index in [1.54, 1.807) is 0 Å². The molecule has 62 valence electrons. The lowest BCUT2D eigenvalue weighted by molar-refractivity contribution is 1.03. The third-order valence-corrected chi connectivity index (χ3v) is 2.09. The van der Waals surface area contributed by atoms with Gasteiger partial charge in [-0.05, 0) is 25.3 Å². The fourth-order valence-electron chi connectivity index (χ4n) is 1.45. The Morgan fingerprint density at radius 2 is 2.17 bits per heavy atom. The van der Waals surface area contributed by atoms with Crippen molar-refractivity contribution >= 4 is 11.4 Å². The average molecular weight is 160 g/mol. The summed E-state index contributed by atoms with van der Waals surface area (Å²) in [7, 11) is 0. The third-order valence-electron chi connectivity index (χ3n) is 2.09. The monoisotopic (exact) mass is 160 g/mol. The Labute approximate surface area is 72.4 Å². The van der Waals surface area contributed by atoms with E-state index in [0.717, 1.165) is 30.7 Å². The van der Waals surface area contributed by atoms with Crippen LogP contribution in [-0.4, -0.2) is 11.4 Å². The van der Waals surface area contributed by atoms with Crippen molar-refractivity contribution in [2.24, 2.45) is 10.2 Å². The predicted molar refractivity (Wildman–Crippen MR) is 51.6 cm³/mol. The minimum Gasteiger partial charge on any atom is -0.160 e. The van der Waals surface area contributed by atoms with Crippen LogP contribution in [0.15, 0.2) is 34.0 Å². The molecule has 2 rings (SSSR count). The Kier molecular flexibility index (Phi) is 1.90. The minimum atomic E-state index is 0.927. The first-order valence-electron chi connectivity index (χ1n) is 4.33. The van der Waals surface area contributed by atoms with Crippen molar-refractivity contribution in [2.75, 3.05) is 0 Å². The van der Waals surface area contributed by atoms with Crippen molar-refractivity contribution < 1.29 is 0 Å². The fourth-order valence-corrected chi connectivity index (χ4v) is 1.45. The zero-order chi connectivity index (χ0) is 8.39. The SMILES string of the molecule is CC1=NN=C(C2=CCCC=C2)C1. The Bertz CT molecular complexity index is 306. The lowest BCUT2D eigenvalue weighted by atomic mass is 10.0.